The maximum atomic E-state index is 11.4. The van der Waals surface area contributed by atoms with Crippen LogP contribution in [0.1, 0.15) is 25.7 Å². The van der Waals surface area contributed by atoms with Gasteiger partial charge in [-0.15, -0.1) is 0 Å². The number of alkyl halides is 1. The average Bonchev–Trinajstić information content (AvgIpc) is 2.20. The largest absolute Gasteiger partial charge is 0.229 e. The van der Waals surface area contributed by atoms with Gasteiger partial charge < -0.3 is 0 Å². The quantitative estimate of drug-likeness (QED) is 0.469. The van der Waals surface area contributed by atoms with Crippen LogP contribution >= 0.6 is 15.9 Å². The van der Waals surface area contributed by atoms with Gasteiger partial charge in [-0.1, -0.05) is 28.8 Å². The van der Waals surface area contributed by atoms with Crippen LogP contribution in [-0.2, 0) is 19.9 Å². The van der Waals surface area contributed by atoms with Crippen LogP contribution in [0.3, 0.4) is 0 Å². The number of halogens is 1. The fourth-order valence-electron chi connectivity index (χ4n) is 1.13. The second-order valence-electron chi connectivity index (χ2n) is 3.95. The minimum atomic E-state index is -3.45. The maximum absolute atomic E-state index is 11.4. The van der Waals surface area contributed by atoms with Crippen molar-refractivity contribution in [2.24, 2.45) is 0 Å². The SMILES string of the molecule is CS(=O)(=O)CCS(=O)(=O)NCCCCCCBr. The molecule has 0 saturated carbocycles. The summed E-state index contributed by atoms with van der Waals surface area (Å²) < 4.78 is 46.8. The summed E-state index contributed by atoms with van der Waals surface area (Å²) >= 11 is 3.32. The van der Waals surface area contributed by atoms with Gasteiger partial charge in [0.2, 0.25) is 10.0 Å². The summed E-state index contributed by atoms with van der Waals surface area (Å²) in [6.07, 6.45) is 4.94. The van der Waals surface area contributed by atoms with Gasteiger partial charge in [0.05, 0.1) is 11.5 Å². The first-order valence-electron chi connectivity index (χ1n) is 5.48. The van der Waals surface area contributed by atoms with Crippen molar-refractivity contribution in [1.82, 2.24) is 4.72 Å². The molecule has 5 nitrogen and oxygen atoms in total. The van der Waals surface area contributed by atoms with E-state index in [9.17, 15) is 16.8 Å². The molecule has 0 amide bonds. The molecule has 1 N–H and O–H groups in total. The van der Waals surface area contributed by atoms with E-state index in [0.29, 0.717) is 6.54 Å². The standard InChI is InChI=1S/C9H20BrNO4S2/c1-16(12,13)8-9-17(14,15)11-7-5-3-2-4-6-10/h11H,2-9H2,1H3. The molecule has 0 heterocycles. The van der Waals surface area contributed by atoms with E-state index >= 15 is 0 Å². The van der Waals surface area contributed by atoms with Crippen LogP contribution in [-0.4, -0.2) is 46.5 Å². The third-order valence-electron chi connectivity index (χ3n) is 2.11. The number of sulfonamides is 1. The summed E-state index contributed by atoms with van der Waals surface area (Å²) in [7, 11) is -6.67. The third kappa shape index (κ3) is 12.6. The Labute approximate surface area is 112 Å². The van der Waals surface area contributed by atoms with Crippen molar-refractivity contribution in [3.05, 3.63) is 0 Å². The first-order valence-corrected chi connectivity index (χ1v) is 10.3. The molecule has 0 unspecified atom stereocenters. The van der Waals surface area contributed by atoms with Gasteiger partial charge in [-0.2, -0.15) is 0 Å². The molecule has 0 aliphatic heterocycles. The molecule has 0 bridgehead atoms. The minimum Gasteiger partial charge on any atom is -0.229 e. The summed E-state index contributed by atoms with van der Waals surface area (Å²) in [5.74, 6) is -0.681. The molecular weight excluding hydrogens is 330 g/mol. The Bertz CT molecular complexity index is 391. The van der Waals surface area contributed by atoms with Gasteiger partial charge in [-0.05, 0) is 12.8 Å². The first-order chi connectivity index (χ1) is 7.77. The molecule has 104 valence electrons. The summed E-state index contributed by atoms with van der Waals surface area (Å²) in [6, 6.07) is 0. The Morgan fingerprint density at radius 1 is 0.941 bits per heavy atom. The Hall–Kier alpha value is 0.340. The molecule has 8 heteroatoms. The molecule has 0 atom stereocenters. The summed E-state index contributed by atoms with van der Waals surface area (Å²) in [5, 5.41) is 0.965. The monoisotopic (exact) mass is 349 g/mol. The van der Waals surface area contributed by atoms with Crippen LogP contribution in [0.15, 0.2) is 0 Å². The molecule has 17 heavy (non-hydrogen) atoms. The molecule has 0 spiro atoms. The van der Waals surface area contributed by atoms with Crippen molar-refractivity contribution in [2.45, 2.75) is 25.7 Å². The van der Waals surface area contributed by atoms with E-state index in [1.807, 2.05) is 0 Å². The highest BCUT2D eigenvalue weighted by atomic mass is 79.9. The average molecular weight is 350 g/mol. The van der Waals surface area contributed by atoms with Crippen LogP contribution < -0.4 is 4.72 Å². The lowest BCUT2D eigenvalue weighted by molar-refractivity contribution is 0.572. The number of unbranched alkanes of at least 4 members (excludes halogenated alkanes) is 3. The predicted octanol–water partition coefficient (Wildman–Crippen LogP) is 0.906. The summed E-state index contributed by atoms with van der Waals surface area (Å²) in [6.45, 7) is 0.383. The van der Waals surface area contributed by atoms with Crippen LogP contribution in [0.5, 0.6) is 0 Å². The Morgan fingerprint density at radius 3 is 2.06 bits per heavy atom. The van der Waals surface area contributed by atoms with Gasteiger partial charge >= 0.3 is 0 Å². The molecule has 0 aromatic heterocycles. The second kappa shape index (κ2) is 8.44. The number of nitrogens with one attached hydrogen (secondary N) is 1. The van der Waals surface area contributed by atoms with Crippen LogP contribution in [0.2, 0.25) is 0 Å². The first kappa shape index (κ1) is 17.3. The molecule has 0 radical (unpaired) electrons. The molecule has 0 aliphatic carbocycles. The van der Waals surface area contributed by atoms with E-state index in [0.717, 1.165) is 37.3 Å². The summed E-state index contributed by atoms with van der Waals surface area (Å²) in [4.78, 5) is 0. The lowest BCUT2D eigenvalue weighted by atomic mass is 10.2. The number of sulfone groups is 1. The molecule has 0 aromatic rings. The number of rotatable bonds is 10. The van der Waals surface area contributed by atoms with Crippen molar-refractivity contribution >= 4 is 35.8 Å². The minimum absolute atomic E-state index is 0.327. The normalized spacial score (nSPS) is 12.8. The Balaban J connectivity index is 3.72. The molecule has 0 saturated heterocycles. The fraction of sp³-hybridized carbons (Fsp3) is 1.00. The van der Waals surface area contributed by atoms with Crippen molar-refractivity contribution < 1.29 is 16.8 Å². The second-order valence-corrected chi connectivity index (χ2v) is 8.93. The van der Waals surface area contributed by atoms with Crippen LogP contribution in [0.25, 0.3) is 0 Å². The third-order valence-corrected chi connectivity index (χ3v) is 5.26. The lowest BCUT2D eigenvalue weighted by Crippen LogP contribution is -2.30. The van der Waals surface area contributed by atoms with Crippen molar-refractivity contribution in [2.75, 3.05) is 29.6 Å². The molecule has 0 aromatic carbocycles. The van der Waals surface area contributed by atoms with E-state index in [1.165, 1.54) is 0 Å². The van der Waals surface area contributed by atoms with Crippen LogP contribution in [0.4, 0.5) is 0 Å². The topological polar surface area (TPSA) is 80.3 Å². The van der Waals surface area contributed by atoms with Gasteiger partial charge in [0.15, 0.2) is 0 Å². The smallest absolute Gasteiger partial charge is 0.212 e. The van der Waals surface area contributed by atoms with E-state index in [4.69, 9.17) is 0 Å². The highest BCUT2D eigenvalue weighted by molar-refractivity contribution is 9.09. The van der Waals surface area contributed by atoms with Crippen molar-refractivity contribution in [3.8, 4) is 0 Å². The maximum Gasteiger partial charge on any atom is 0.212 e. The van der Waals surface area contributed by atoms with Crippen molar-refractivity contribution in [1.29, 1.82) is 0 Å². The van der Waals surface area contributed by atoms with Gasteiger partial charge in [-0.3, -0.25) is 0 Å². The Kier molecular flexibility index (Phi) is 8.61. The summed E-state index contributed by atoms with van der Waals surface area (Å²) in [5.41, 5.74) is 0. The molecular formula is C9H20BrNO4S2. The number of hydrogen-bond acceptors (Lipinski definition) is 4. The zero-order chi connectivity index (χ0) is 13.4. The molecule has 0 aliphatic rings. The van der Waals surface area contributed by atoms with Crippen molar-refractivity contribution in [3.63, 3.8) is 0 Å². The van der Waals surface area contributed by atoms with Gasteiger partial charge in [0.25, 0.3) is 0 Å². The fourth-order valence-corrected chi connectivity index (χ4v) is 4.22. The van der Waals surface area contributed by atoms with E-state index in [2.05, 4.69) is 20.7 Å². The van der Waals surface area contributed by atoms with E-state index in [-0.39, 0.29) is 11.5 Å². The van der Waals surface area contributed by atoms with E-state index < -0.39 is 19.9 Å². The number of hydrogen-bond donors (Lipinski definition) is 1. The molecule has 0 rings (SSSR count). The highest BCUT2D eigenvalue weighted by Gasteiger charge is 2.13. The molecule has 0 fully saturated rings. The zero-order valence-electron chi connectivity index (χ0n) is 9.98. The van der Waals surface area contributed by atoms with Gasteiger partial charge in [0.1, 0.15) is 9.84 Å². The predicted molar refractivity (Wildman–Crippen MR) is 73.8 cm³/mol. The van der Waals surface area contributed by atoms with E-state index in [1.54, 1.807) is 0 Å². The highest BCUT2D eigenvalue weighted by Crippen LogP contribution is 2.01. The van der Waals surface area contributed by atoms with Gasteiger partial charge in [-0.25, -0.2) is 21.6 Å². The Morgan fingerprint density at radius 2 is 1.53 bits per heavy atom. The lowest BCUT2D eigenvalue weighted by Gasteiger charge is -2.05. The zero-order valence-corrected chi connectivity index (χ0v) is 13.2. The van der Waals surface area contributed by atoms with Gasteiger partial charge in [0, 0.05) is 18.1 Å². The van der Waals surface area contributed by atoms with Crippen LogP contribution in [0, 0.1) is 0 Å².